The average Bonchev–Trinajstić information content (AvgIpc) is 2.26. The van der Waals surface area contributed by atoms with Crippen LogP contribution in [0, 0.1) is 6.92 Å². The van der Waals surface area contributed by atoms with E-state index in [4.69, 9.17) is 5.73 Å². The summed E-state index contributed by atoms with van der Waals surface area (Å²) in [5.74, 6) is -1.86. The van der Waals surface area contributed by atoms with Crippen LogP contribution >= 0.6 is 0 Å². The molecule has 0 radical (unpaired) electrons. The number of nitrogens with one attached hydrogen (secondary N) is 1. The maximum Gasteiger partial charge on any atom is 0.276 e. The number of nitrogens with zero attached hydrogens (tertiary/aromatic N) is 2. The Morgan fingerprint density at radius 1 is 1.44 bits per heavy atom. The van der Waals surface area contributed by atoms with Gasteiger partial charge in [-0.05, 0) is 6.92 Å². The van der Waals surface area contributed by atoms with Gasteiger partial charge in [-0.3, -0.25) is 0 Å². The highest BCUT2D eigenvalue weighted by atomic mass is 19.3. The summed E-state index contributed by atoms with van der Waals surface area (Å²) in [4.78, 5) is 8.25. The number of alkyl halides is 2. The highest BCUT2D eigenvalue weighted by molar-refractivity contribution is 5.36. The van der Waals surface area contributed by atoms with E-state index in [9.17, 15) is 8.78 Å². The summed E-state index contributed by atoms with van der Waals surface area (Å²) in [5.41, 5.74) is 5.69. The van der Waals surface area contributed by atoms with Gasteiger partial charge in [0.2, 0.25) is 0 Å². The lowest BCUT2D eigenvalue weighted by molar-refractivity contribution is 0.0253. The molecule has 0 fully saturated rings. The molecule has 0 spiro atoms. The van der Waals surface area contributed by atoms with E-state index in [1.165, 1.54) is 0 Å². The van der Waals surface area contributed by atoms with Crippen LogP contribution in [0.25, 0.3) is 0 Å². The second-order valence-corrected chi connectivity index (χ2v) is 3.58. The predicted molar refractivity (Wildman–Crippen MR) is 58.6 cm³/mol. The van der Waals surface area contributed by atoms with Gasteiger partial charge in [-0.25, -0.2) is 18.7 Å². The molecule has 0 atom stereocenters. The van der Waals surface area contributed by atoms with Crippen molar-refractivity contribution >= 4 is 5.82 Å². The van der Waals surface area contributed by atoms with Gasteiger partial charge in [-0.2, -0.15) is 0 Å². The number of hydrogen-bond acceptors (Lipinski definition) is 4. The highest BCUT2D eigenvalue weighted by Gasteiger charge is 2.26. The second kappa shape index (κ2) is 5.16. The summed E-state index contributed by atoms with van der Waals surface area (Å²) in [6.07, 6.45) is 0.670. The first-order valence-electron chi connectivity index (χ1n) is 5.13. The molecule has 0 bridgehead atoms. The predicted octanol–water partition coefficient (Wildman–Crippen LogP) is 1.35. The third-order valence-corrected chi connectivity index (χ3v) is 2.04. The van der Waals surface area contributed by atoms with Crippen LogP contribution in [-0.2, 0) is 6.42 Å². The first-order valence-corrected chi connectivity index (χ1v) is 5.13. The van der Waals surface area contributed by atoms with Crippen molar-refractivity contribution in [2.24, 2.45) is 5.73 Å². The monoisotopic (exact) mass is 230 g/mol. The number of halogens is 2. The smallest absolute Gasteiger partial charge is 0.276 e. The number of aryl methyl sites for hydroxylation is 2. The molecule has 1 rings (SSSR count). The minimum atomic E-state index is -2.91. The largest absolute Gasteiger partial charge is 0.364 e. The molecular formula is C10H16F2N4. The maximum absolute atomic E-state index is 12.9. The van der Waals surface area contributed by atoms with E-state index in [1.807, 2.05) is 6.92 Å². The van der Waals surface area contributed by atoms with Crippen LogP contribution in [0.3, 0.4) is 0 Å². The Labute approximate surface area is 93.3 Å². The first-order chi connectivity index (χ1) is 7.46. The summed E-state index contributed by atoms with van der Waals surface area (Å²) < 4.78 is 25.8. The highest BCUT2D eigenvalue weighted by Crippen LogP contribution is 2.13. The third-order valence-electron chi connectivity index (χ3n) is 2.04. The second-order valence-electron chi connectivity index (χ2n) is 3.58. The standard InChI is InChI=1S/C10H16F2N4/c1-3-8-15-7(2)4-9(16-8)14-6-10(11,12)5-13/h4H,3,5-6,13H2,1-2H3,(H,14,15,16). The fourth-order valence-electron chi connectivity index (χ4n) is 1.17. The summed E-state index contributed by atoms with van der Waals surface area (Å²) >= 11 is 0. The van der Waals surface area contributed by atoms with Crippen molar-refractivity contribution in [3.05, 3.63) is 17.6 Å². The van der Waals surface area contributed by atoms with Crippen LogP contribution in [0.5, 0.6) is 0 Å². The van der Waals surface area contributed by atoms with Gasteiger partial charge in [-0.1, -0.05) is 6.92 Å². The molecule has 0 unspecified atom stereocenters. The lowest BCUT2D eigenvalue weighted by Gasteiger charge is -2.15. The van der Waals surface area contributed by atoms with Crippen LogP contribution < -0.4 is 11.1 Å². The Morgan fingerprint density at radius 3 is 2.69 bits per heavy atom. The Kier molecular flexibility index (Phi) is 4.12. The number of rotatable bonds is 5. The van der Waals surface area contributed by atoms with E-state index in [0.29, 0.717) is 18.1 Å². The van der Waals surface area contributed by atoms with Crippen LogP contribution in [0.4, 0.5) is 14.6 Å². The summed E-state index contributed by atoms with van der Waals surface area (Å²) in [6.45, 7) is 2.52. The zero-order valence-electron chi connectivity index (χ0n) is 9.43. The zero-order chi connectivity index (χ0) is 12.2. The van der Waals surface area contributed by atoms with E-state index in [-0.39, 0.29) is 0 Å². The van der Waals surface area contributed by atoms with Crippen molar-refractivity contribution in [1.82, 2.24) is 9.97 Å². The number of anilines is 1. The molecule has 1 aromatic heterocycles. The van der Waals surface area contributed by atoms with E-state index in [0.717, 1.165) is 5.69 Å². The molecule has 0 saturated carbocycles. The summed E-state index contributed by atoms with van der Waals surface area (Å²) in [7, 11) is 0. The van der Waals surface area contributed by atoms with Crippen molar-refractivity contribution in [3.63, 3.8) is 0 Å². The molecule has 0 aromatic carbocycles. The average molecular weight is 230 g/mol. The van der Waals surface area contributed by atoms with Gasteiger partial charge in [0, 0.05) is 18.2 Å². The van der Waals surface area contributed by atoms with Crippen LogP contribution in [-0.4, -0.2) is 29.0 Å². The van der Waals surface area contributed by atoms with Gasteiger partial charge in [0.15, 0.2) is 0 Å². The lowest BCUT2D eigenvalue weighted by Crippen LogP contribution is -2.35. The quantitative estimate of drug-likeness (QED) is 0.801. The van der Waals surface area contributed by atoms with Crippen LogP contribution in [0.1, 0.15) is 18.4 Å². The Balaban J connectivity index is 2.70. The molecule has 0 saturated heterocycles. The molecular weight excluding hydrogens is 214 g/mol. The van der Waals surface area contributed by atoms with E-state index >= 15 is 0 Å². The maximum atomic E-state index is 12.9. The Hall–Kier alpha value is -1.30. The Bertz CT molecular complexity index is 355. The van der Waals surface area contributed by atoms with E-state index < -0.39 is 19.0 Å². The van der Waals surface area contributed by atoms with Gasteiger partial charge in [0.1, 0.15) is 11.6 Å². The molecule has 0 amide bonds. The molecule has 4 nitrogen and oxygen atoms in total. The third kappa shape index (κ3) is 3.69. The van der Waals surface area contributed by atoms with Gasteiger partial charge < -0.3 is 11.1 Å². The van der Waals surface area contributed by atoms with Crippen LogP contribution in [0.15, 0.2) is 6.07 Å². The van der Waals surface area contributed by atoms with Gasteiger partial charge in [0.25, 0.3) is 5.92 Å². The molecule has 6 heteroatoms. The number of nitrogens with two attached hydrogens (primary N) is 1. The van der Waals surface area contributed by atoms with Crippen molar-refractivity contribution in [2.75, 3.05) is 18.4 Å². The van der Waals surface area contributed by atoms with E-state index in [2.05, 4.69) is 15.3 Å². The summed E-state index contributed by atoms with van der Waals surface area (Å²) in [6, 6.07) is 1.63. The van der Waals surface area contributed by atoms with Gasteiger partial charge >= 0.3 is 0 Å². The van der Waals surface area contributed by atoms with Crippen molar-refractivity contribution < 1.29 is 8.78 Å². The molecule has 3 N–H and O–H groups in total. The molecule has 90 valence electrons. The molecule has 16 heavy (non-hydrogen) atoms. The fraction of sp³-hybridized carbons (Fsp3) is 0.600. The fourth-order valence-corrected chi connectivity index (χ4v) is 1.17. The topological polar surface area (TPSA) is 63.8 Å². The number of aromatic nitrogens is 2. The van der Waals surface area contributed by atoms with Gasteiger partial charge in [-0.15, -0.1) is 0 Å². The lowest BCUT2D eigenvalue weighted by atomic mass is 10.3. The zero-order valence-corrected chi connectivity index (χ0v) is 9.43. The van der Waals surface area contributed by atoms with Crippen LogP contribution in [0.2, 0.25) is 0 Å². The molecule has 0 aliphatic rings. The molecule has 0 aliphatic heterocycles. The molecule has 1 heterocycles. The van der Waals surface area contributed by atoms with Crippen molar-refractivity contribution in [3.8, 4) is 0 Å². The van der Waals surface area contributed by atoms with Gasteiger partial charge in [0.05, 0.1) is 13.1 Å². The first kappa shape index (κ1) is 12.8. The minimum Gasteiger partial charge on any atom is -0.364 e. The molecule has 1 aromatic rings. The minimum absolute atomic E-state index is 0.414. The Morgan fingerprint density at radius 2 is 2.12 bits per heavy atom. The summed E-state index contributed by atoms with van der Waals surface area (Å²) in [5, 5.41) is 2.57. The number of hydrogen-bond donors (Lipinski definition) is 2. The van der Waals surface area contributed by atoms with Crippen molar-refractivity contribution in [2.45, 2.75) is 26.2 Å². The van der Waals surface area contributed by atoms with E-state index in [1.54, 1.807) is 13.0 Å². The van der Waals surface area contributed by atoms with Crippen molar-refractivity contribution in [1.29, 1.82) is 0 Å². The normalized spacial score (nSPS) is 11.6. The SMILES string of the molecule is CCc1nc(C)cc(NCC(F)(F)CN)n1. The molecule has 0 aliphatic carbocycles.